The first-order valence-electron chi connectivity index (χ1n) is 8.49. The second kappa shape index (κ2) is 7.03. The van der Waals surface area contributed by atoms with Gasteiger partial charge in [0, 0.05) is 30.9 Å². The zero-order valence-electron chi connectivity index (χ0n) is 14.9. The molecular formula is C17H23F2N5O. The van der Waals surface area contributed by atoms with E-state index in [4.69, 9.17) is 4.74 Å². The van der Waals surface area contributed by atoms with Gasteiger partial charge in [0.2, 0.25) is 5.95 Å². The summed E-state index contributed by atoms with van der Waals surface area (Å²) < 4.78 is 34.3. The van der Waals surface area contributed by atoms with Gasteiger partial charge in [-0.3, -0.25) is 4.68 Å². The highest BCUT2D eigenvalue weighted by Crippen LogP contribution is 2.28. The molecule has 2 aromatic rings. The highest BCUT2D eigenvalue weighted by atomic mass is 19.3. The summed E-state index contributed by atoms with van der Waals surface area (Å²) in [5.74, 6) is 0.318. The largest absolute Gasteiger partial charge is 0.372 e. The number of aryl methyl sites for hydroxylation is 1. The van der Waals surface area contributed by atoms with Crippen LogP contribution < -0.4 is 4.90 Å². The minimum absolute atomic E-state index is 0.00409. The second-order valence-electron chi connectivity index (χ2n) is 6.40. The van der Waals surface area contributed by atoms with Crippen molar-refractivity contribution in [3.05, 3.63) is 23.7 Å². The van der Waals surface area contributed by atoms with Crippen molar-refractivity contribution in [2.75, 3.05) is 18.0 Å². The molecule has 8 heteroatoms. The molecule has 0 bridgehead atoms. The van der Waals surface area contributed by atoms with Gasteiger partial charge < -0.3 is 9.64 Å². The standard InChI is InChI=1S/C17H23F2N5O/c1-5-24-12(4)13(7-20-24)14-6-15(16(18)19)22-17(21-14)23-8-10(2)25-11(3)9-23/h6-7,10-11,16H,5,8-9H2,1-4H3/t10-,11-/m1/s1. The van der Waals surface area contributed by atoms with Crippen molar-refractivity contribution in [3.8, 4) is 11.3 Å². The van der Waals surface area contributed by atoms with Crippen LogP contribution in [0.1, 0.15) is 38.6 Å². The molecule has 2 atom stereocenters. The minimum Gasteiger partial charge on any atom is -0.372 e. The van der Waals surface area contributed by atoms with Gasteiger partial charge >= 0.3 is 0 Å². The first kappa shape index (κ1) is 17.7. The summed E-state index contributed by atoms with van der Waals surface area (Å²) in [5.41, 5.74) is 1.86. The van der Waals surface area contributed by atoms with Gasteiger partial charge in [0.15, 0.2) is 0 Å². The molecule has 1 aliphatic heterocycles. The maximum absolute atomic E-state index is 13.4. The van der Waals surface area contributed by atoms with E-state index in [1.807, 2.05) is 37.3 Å². The summed E-state index contributed by atoms with van der Waals surface area (Å²) in [6, 6.07) is 1.35. The van der Waals surface area contributed by atoms with Crippen molar-refractivity contribution in [1.82, 2.24) is 19.7 Å². The van der Waals surface area contributed by atoms with Crippen molar-refractivity contribution < 1.29 is 13.5 Å². The monoisotopic (exact) mass is 351 g/mol. The van der Waals surface area contributed by atoms with E-state index >= 15 is 0 Å². The number of anilines is 1. The Morgan fingerprint density at radius 3 is 2.48 bits per heavy atom. The smallest absolute Gasteiger partial charge is 0.280 e. The normalized spacial score (nSPS) is 21.2. The van der Waals surface area contributed by atoms with Crippen LogP contribution in [-0.4, -0.2) is 45.0 Å². The van der Waals surface area contributed by atoms with Crippen LogP contribution in [0.2, 0.25) is 0 Å². The van der Waals surface area contributed by atoms with Crippen molar-refractivity contribution in [2.24, 2.45) is 0 Å². The third kappa shape index (κ3) is 3.63. The number of hydrogen-bond acceptors (Lipinski definition) is 5. The maximum atomic E-state index is 13.4. The lowest BCUT2D eigenvalue weighted by Gasteiger charge is -2.35. The van der Waals surface area contributed by atoms with Crippen molar-refractivity contribution in [2.45, 2.75) is 52.9 Å². The van der Waals surface area contributed by atoms with Crippen LogP contribution in [0.5, 0.6) is 0 Å². The molecule has 0 amide bonds. The molecule has 136 valence electrons. The number of nitrogens with zero attached hydrogens (tertiary/aromatic N) is 5. The molecule has 0 radical (unpaired) electrons. The van der Waals surface area contributed by atoms with Gasteiger partial charge in [-0.15, -0.1) is 0 Å². The quantitative estimate of drug-likeness (QED) is 0.847. The van der Waals surface area contributed by atoms with Crippen LogP contribution in [0.25, 0.3) is 11.3 Å². The third-order valence-electron chi connectivity index (χ3n) is 4.34. The highest BCUT2D eigenvalue weighted by Gasteiger charge is 2.26. The molecule has 1 fully saturated rings. The van der Waals surface area contributed by atoms with E-state index in [9.17, 15) is 8.78 Å². The molecule has 0 unspecified atom stereocenters. The SMILES string of the molecule is CCn1ncc(-c2cc(C(F)F)nc(N3C[C@@H](C)O[C@H](C)C3)n2)c1C. The lowest BCUT2D eigenvalue weighted by molar-refractivity contribution is -0.00575. The predicted molar refractivity (Wildman–Crippen MR) is 90.8 cm³/mol. The third-order valence-corrected chi connectivity index (χ3v) is 4.34. The molecule has 1 aliphatic rings. The van der Waals surface area contributed by atoms with Crippen LogP contribution in [0.3, 0.4) is 0 Å². The van der Waals surface area contributed by atoms with Gasteiger partial charge in [-0.1, -0.05) is 0 Å². The lowest BCUT2D eigenvalue weighted by Crippen LogP contribution is -2.46. The van der Waals surface area contributed by atoms with E-state index in [-0.39, 0.29) is 17.9 Å². The Hall–Kier alpha value is -2.09. The van der Waals surface area contributed by atoms with Gasteiger partial charge in [-0.25, -0.2) is 18.7 Å². The van der Waals surface area contributed by atoms with Crippen LogP contribution in [0.15, 0.2) is 12.3 Å². The minimum atomic E-state index is -2.65. The molecule has 0 aromatic carbocycles. The fourth-order valence-electron chi connectivity index (χ4n) is 3.20. The van der Waals surface area contributed by atoms with E-state index in [2.05, 4.69) is 15.1 Å². The topological polar surface area (TPSA) is 56.1 Å². The zero-order valence-corrected chi connectivity index (χ0v) is 14.9. The molecule has 3 heterocycles. The first-order chi connectivity index (χ1) is 11.9. The van der Waals surface area contributed by atoms with Crippen LogP contribution >= 0.6 is 0 Å². The van der Waals surface area contributed by atoms with Gasteiger partial charge in [-0.2, -0.15) is 5.10 Å². The molecule has 3 rings (SSSR count). The first-order valence-corrected chi connectivity index (χ1v) is 8.49. The fourth-order valence-corrected chi connectivity index (χ4v) is 3.20. The molecule has 25 heavy (non-hydrogen) atoms. The van der Waals surface area contributed by atoms with Crippen molar-refractivity contribution in [1.29, 1.82) is 0 Å². The van der Waals surface area contributed by atoms with E-state index < -0.39 is 6.43 Å². The molecule has 0 saturated carbocycles. The number of halogens is 2. The van der Waals surface area contributed by atoms with Gasteiger partial charge in [0.25, 0.3) is 6.43 Å². The summed E-state index contributed by atoms with van der Waals surface area (Å²) in [6.45, 7) is 9.66. The Morgan fingerprint density at radius 2 is 1.92 bits per heavy atom. The molecule has 2 aromatic heterocycles. The summed E-state index contributed by atoms with van der Waals surface area (Å²) in [5, 5.41) is 4.29. The van der Waals surface area contributed by atoms with Gasteiger partial charge in [0.05, 0.1) is 24.1 Å². The van der Waals surface area contributed by atoms with E-state index in [1.54, 1.807) is 6.20 Å². The summed E-state index contributed by atoms with van der Waals surface area (Å²) in [7, 11) is 0. The summed E-state index contributed by atoms with van der Waals surface area (Å²) >= 11 is 0. The Labute approximate surface area is 145 Å². The molecule has 0 aliphatic carbocycles. The van der Waals surface area contributed by atoms with Crippen LogP contribution in [0.4, 0.5) is 14.7 Å². The molecule has 0 spiro atoms. The predicted octanol–water partition coefficient (Wildman–Crippen LogP) is 3.22. The number of ether oxygens (including phenoxy) is 1. The Balaban J connectivity index is 2.04. The average molecular weight is 351 g/mol. The van der Waals surface area contributed by atoms with Crippen LogP contribution in [0, 0.1) is 6.92 Å². The zero-order chi connectivity index (χ0) is 18.1. The Morgan fingerprint density at radius 1 is 1.24 bits per heavy atom. The number of morpholine rings is 1. The fraction of sp³-hybridized carbons (Fsp3) is 0.588. The average Bonchev–Trinajstić information content (AvgIpc) is 2.94. The molecule has 1 saturated heterocycles. The number of hydrogen-bond donors (Lipinski definition) is 0. The molecule has 0 N–H and O–H groups in total. The Bertz CT molecular complexity index is 739. The molecule has 6 nitrogen and oxygen atoms in total. The number of rotatable bonds is 4. The van der Waals surface area contributed by atoms with E-state index in [0.717, 1.165) is 11.3 Å². The second-order valence-corrected chi connectivity index (χ2v) is 6.40. The number of aromatic nitrogens is 4. The highest BCUT2D eigenvalue weighted by molar-refractivity contribution is 5.63. The van der Waals surface area contributed by atoms with E-state index in [1.165, 1.54) is 6.07 Å². The Kier molecular flexibility index (Phi) is 4.99. The van der Waals surface area contributed by atoms with Gasteiger partial charge in [-0.05, 0) is 33.8 Å². The number of alkyl halides is 2. The maximum Gasteiger partial charge on any atom is 0.280 e. The molecular weight excluding hydrogens is 328 g/mol. The van der Waals surface area contributed by atoms with Crippen molar-refractivity contribution in [3.63, 3.8) is 0 Å². The van der Waals surface area contributed by atoms with Crippen molar-refractivity contribution >= 4 is 5.95 Å². The van der Waals surface area contributed by atoms with E-state index in [0.29, 0.717) is 31.3 Å². The van der Waals surface area contributed by atoms with Gasteiger partial charge in [0.1, 0.15) is 5.69 Å². The van der Waals surface area contributed by atoms with Crippen LogP contribution in [-0.2, 0) is 11.3 Å². The summed E-state index contributed by atoms with van der Waals surface area (Å²) in [6.07, 6.45) is -0.991. The summed E-state index contributed by atoms with van der Waals surface area (Å²) in [4.78, 5) is 10.6. The lowest BCUT2D eigenvalue weighted by atomic mass is 10.1.